The summed E-state index contributed by atoms with van der Waals surface area (Å²) >= 11 is 0. The molecule has 88 valence electrons. The lowest BCUT2D eigenvalue weighted by Crippen LogP contribution is -2.40. The summed E-state index contributed by atoms with van der Waals surface area (Å²) in [6.07, 6.45) is 4.86. The molecule has 0 radical (unpaired) electrons. The second-order valence-electron chi connectivity index (χ2n) is 3.72. The summed E-state index contributed by atoms with van der Waals surface area (Å²) in [5.74, 6) is 0.821. The summed E-state index contributed by atoms with van der Waals surface area (Å²) in [6.45, 7) is 2.09. The number of carbonyl (C=O) groups is 1. The van der Waals surface area contributed by atoms with Crippen LogP contribution in [-0.2, 0) is 4.79 Å². The molecule has 0 aliphatic carbocycles. The van der Waals surface area contributed by atoms with Crippen LogP contribution in [0.3, 0.4) is 0 Å². The number of amides is 1. The Morgan fingerprint density at radius 1 is 1.27 bits per heavy atom. The fraction of sp³-hybridized carbons (Fsp3) is 0.778. The maximum Gasteiger partial charge on any atom is 0.243 e. The minimum absolute atomic E-state index is 0. The number of nitrogens with zero attached hydrogens (tertiary/aromatic N) is 1. The molecule has 1 fully saturated rings. The van der Waals surface area contributed by atoms with Crippen LogP contribution in [0.4, 0.5) is 0 Å². The number of carbonyl (C=O) groups excluding carboxylic acids is 1. The van der Waals surface area contributed by atoms with Crippen LogP contribution < -0.4 is 10.7 Å². The zero-order valence-corrected chi connectivity index (χ0v) is 10.1. The van der Waals surface area contributed by atoms with Gasteiger partial charge in [-0.15, -0.1) is 24.8 Å². The van der Waals surface area contributed by atoms with Gasteiger partial charge in [0, 0.05) is 12.1 Å². The molecule has 0 spiro atoms. The fourth-order valence-electron chi connectivity index (χ4n) is 2.12. The second kappa shape index (κ2) is 7.04. The van der Waals surface area contributed by atoms with E-state index in [1.165, 1.54) is 0 Å². The Kier molecular flexibility index (Phi) is 6.89. The molecule has 1 saturated heterocycles. The van der Waals surface area contributed by atoms with Crippen molar-refractivity contribution in [3.05, 3.63) is 0 Å². The molecule has 15 heavy (non-hydrogen) atoms. The lowest BCUT2D eigenvalue weighted by atomic mass is 9.82. The molecule has 1 unspecified atom stereocenters. The van der Waals surface area contributed by atoms with Gasteiger partial charge in [0.1, 0.15) is 0 Å². The Morgan fingerprint density at radius 2 is 1.93 bits per heavy atom. The van der Waals surface area contributed by atoms with E-state index in [9.17, 15) is 4.79 Å². The Hall–Kier alpha value is -0.320. The van der Waals surface area contributed by atoms with E-state index in [2.05, 4.69) is 15.8 Å². The minimum atomic E-state index is 0. The molecule has 0 bridgehead atoms. The number of nitrogens with one attached hydrogen (secondary N) is 2. The van der Waals surface area contributed by atoms with E-state index in [0.717, 1.165) is 32.4 Å². The molecule has 2 aliphatic rings. The number of halogens is 2. The molecule has 0 aromatic carbocycles. The van der Waals surface area contributed by atoms with E-state index in [0.29, 0.717) is 5.92 Å². The molecular weight excluding hydrogens is 237 g/mol. The molecule has 0 saturated carbocycles. The van der Waals surface area contributed by atoms with Crippen LogP contribution in [0.2, 0.25) is 0 Å². The second-order valence-corrected chi connectivity index (χ2v) is 3.72. The summed E-state index contributed by atoms with van der Waals surface area (Å²) in [5, 5.41) is 7.07. The van der Waals surface area contributed by atoms with Crippen LogP contribution >= 0.6 is 24.8 Å². The largest absolute Gasteiger partial charge is 0.317 e. The van der Waals surface area contributed by atoms with E-state index in [1.54, 1.807) is 0 Å². The van der Waals surface area contributed by atoms with E-state index >= 15 is 0 Å². The van der Waals surface area contributed by atoms with Crippen molar-refractivity contribution in [3.8, 4) is 0 Å². The van der Waals surface area contributed by atoms with Crippen molar-refractivity contribution in [2.24, 2.45) is 16.9 Å². The predicted molar refractivity (Wildman–Crippen MR) is 64.8 cm³/mol. The minimum Gasteiger partial charge on any atom is -0.317 e. The SMILES string of the molecule is Cl.Cl.O=C1NN=CCC1C1CCNCC1. The average molecular weight is 254 g/mol. The molecule has 2 aliphatic heterocycles. The van der Waals surface area contributed by atoms with Gasteiger partial charge in [-0.05, 0) is 38.3 Å². The number of hydrogen-bond donors (Lipinski definition) is 2. The zero-order valence-electron chi connectivity index (χ0n) is 8.44. The molecule has 1 atom stereocenters. The molecule has 2 heterocycles. The first-order chi connectivity index (χ1) is 6.38. The lowest BCUT2D eigenvalue weighted by Gasteiger charge is -2.29. The monoisotopic (exact) mass is 253 g/mol. The molecule has 2 N–H and O–H groups in total. The lowest BCUT2D eigenvalue weighted by molar-refractivity contribution is -0.127. The third kappa shape index (κ3) is 3.63. The van der Waals surface area contributed by atoms with Gasteiger partial charge >= 0.3 is 0 Å². The number of rotatable bonds is 1. The Bertz CT molecular complexity index is 229. The van der Waals surface area contributed by atoms with Crippen molar-refractivity contribution < 1.29 is 4.79 Å². The first-order valence-electron chi connectivity index (χ1n) is 4.90. The molecule has 2 rings (SSSR count). The van der Waals surface area contributed by atoms with Crippen LogP contribution in [0, 0.1) is 11.8 Å². The number of hydrogen-bond acceptors (Lipinski definition) is 3. The van der Waals surface area contributed by atoms with Crippen molar-refractivity contribution >= 4 is 36.9 Å². The van der Waals surface area contributed by atoms with E-state index in [-0.39, 0.29) is 36.6 Å². The average Bonchev–Trinajstić information content (AvgIpc) is 2.20. The van der Waals surface area contributed by atoms with Gasteiger partial charge in [-0.2, -0.15) is 5.10 Å². The van der Waals surface area contributed by atoms with Crippen molar-refractivity contribution in [1.29, 1.82) is 0 Å². The maximum atomic E-state index is 11.4. The van der Waals surface area contributed by atoms with Gasteiger partial charge < -0.3 is 5.32 Å². The van der Waals surface area contributed by atoms with Crippen LogP contribution in [0.5, 0.6) is 0 Å². The Labute approximate surface area is 102 Å². The van der Waals surface area contributed by atoms with Crippen LogP contribution in [-0.4, -0.2) is 25.2 Å². The first-order valence-corrected chi connectivity index (χ1v) is 4.90. The summed E-state index contributed by atoms with van der Waals surface area (Å²) < 4.78 is 0. The van der Waals surface area contributed by atoms with Crippen LogP contribution in [0.15, 0.2) is 5.10 Å². The standard InChI is InChI=1S/C9H15N3O.2ClH/c13-9-8(3-6-11-12-9)7-1-4-10-5-2-7;;/h6-8,10H,1-5H2,(H,12,13);2*1H. The molecule has 0 aromatic heterocycles. The quantitative estimate of drug-likeness (QED) is 0.732. The number of piperidine rings is 1. The van der Waals surface area contributed by atoms with Crippen LogP contribution in [0.25, 0.3) is 0 Å². The smallest absolute Gasteiger partial charge is 0.243 e. The normalized spacial score (nSPS) is 26.1. The van der Waals surface area contributed by atoms with Crippen LogP contribution in [0.1, 0.15) is 19.3 Å². The third-order valence-corrected chi connectivity index (χ3v) is 2.91. The maximum absolute atomic E-state index is 11.4. The zero-order chi connectivity index (χ0) is 9.10. The Balaban J connectivity index is 0.000000980. The van der Waals surface area contributed by atoms with Crippen molar-refractivity contribution in [1.82, 2.24) is 10.7 Å². The fourth-order valence-corrected chi connectivity index (χ4v) is 2.12. The van der Waals surface area contributed by atoms with Gasteiger partial charge in [-0.1, -0.05) is 0 Å². The highest BCUT2D eigenvalue weighted by atomic mass is 35.5. The van der Waals surface area contributed by atoms with Gasteiger partial charge in [-0.3, -0.25) is 4.79 Å². The highest BCUT2D eigenvalue weighted by Gasteiger charge is 2.29. The molecule has 6 heteroatoms. The van der Waals surface area contributed by atoms with Gasteiger partial charge in [0.2, 0.25) is 5.91 Å². The first kappa shape index (κ1) is 14.7. The van der Waals surface area contributed by atoms with E-state index < -0.39 is 0 Å². The molecular formula is C9H17Cl2N3O. The van der Waals surface area contributed by atoms with Gasteiger partial charge in [-0.25, -0.2) is 5.43 Å². The molecule has 0 aromatic rings. The highest BCUT2D eigenvalue weighted by molar-refractivity contribution is 5.85. The van der Waals surface area contributed by atoms with Crippen molar-refractivity contribution in [2.45, 2.75) is 19.3 Å². The summed E-state index contributed by atoms with van der Waals surface area (Å²) in [4.78, 5) is 11.4. The predicted octanol–water partition coefficient (Wildman–Crippen LogP) is 0.951. The number of hydrazone groups is 1. The highest BCUT2D eigenvalue weighted by Crippen LogP contribution is 2.25. The van der Waals surface area contributed by atoms with Gasteiger partial charge in [0.25, 0.3) is 0 Å². The summed E-state index contributed by atoms with van der Waals surface area (Å²) in [6, 6.07) is 0. The van der Waals surface area contributed by atoms with E-state index in [4.69, 9.17) is 0 Å². The van der Waals surface area contributed by atoms with Crippen molar-refractivity contribution in [2.75, 3.05) is 13.1 Å². The third-order valence-electron chi connectivity index (χ3n) is 2.91. The Morgan fingerprint density at radius 3 is 2.53 bits per heavy atom. The van der Waals surface area contributed by atoms with Gasteiger partial charge in [0.15, 0.2) is 0 Å². The van der Waals surface area contributed by atoms with E-state index in [1.807, 2.05) is 6.21 Å². The summed E-state index contributed by atoms with van der Waals surface area (Å²) in [5.41, 5.74) is 2.54. The topological polar surface area (TPSA) is 53.5 Å². The van der Waals surface area contributed by atoms with Gasteiger partial charge in [0.05, 0.1) is 0 Å². The molecule has 1 amide bonds. The summed E-state index contributed by atoms with van der Waals surface area (Å²) in [7, 11) is 0. The molecule has 4 nitrogen and oxygen atoms in total. The van der Waals surface area contributed by atoms with Crippen molar-refractivity contribution in [3.63, 3.8) is 0 Å².